The number of aromatic hydroxyl groups is 1. The summed E-state index contributed by atoms with van der Waals surface area (Å²) in [4.78, 5) is 19.5. The van der Waals surface area contributed by atoms with Gasteiger partial charge in [-0.25, -0.2) is 0 Å². The third-order valence-corrected chi connectivity index (χ3v) is 1.45. The fourth-order valence-electron chi connectivity index (χ4n) is 0.873. The Labute approximate surface area is 71.6 Å². The van der Waals surface area contributed by atoms with Gasteiger partial charge in [-0.1, -0.05) is 0 Å². The molecule has 0 bridgehead atoms. The van der Waals surface area contributed by atoms with Crippen molar-refractivity contribution in [2.24, 2.45) is 0 Å². The Hall–Kier alpha value is -1.98. The van der Waals surface area contributed by atoms with E-state index < -0.39 is 27.7 Å². The summed E-state index contributed by atoms with van der Waals surface area (Å²) in [5, 5.41) is 19.2. The lowest BCUT2D eigenvalue weighted by Gasteiger charge is -1.98. The molecule has 1 N–H and O–H groups in total. The molecule has 1 rings (SSSR count). The fourth-order valence-corrected chi connectivity index (χ4v) is 0.873. The van der Waals surface area contributed by atoms with Crippen molar-refractivity contribution >= 4 is 12.0 Å². The molecule has 6 heteroatoms. The van der Waals surface area contributed by atoms with Crippen molar-refractivity contribution in [1.29, 1.82) is 0 Å². The third kappa shape index (κ3) is 1.46. The van der Waals surface area contributed by atoms with Crippen LogP contribution in [0.2, 0.25) is 0 Å². The van der Waals surface area contributed by atoms with Crippen LogP contribution in [-0.4, -0.2) is 16.3 Å². The smallest absolute Gasteiger partial charge is 0.318 e. The molecule has 0 spiro atoms. The molecule has 0 unspecified atom stereocenters. The molecule has 13 heavy (non-hydrogen) atoms. The van der Waals surface area contributed by atoms with Gasteiger partial charge in [-0.15, -0.1) is 0 Å². The monoisotopic (exact) mass is 185 g/mol. The number of carbonyl (C=O) groups excluding carboxylic acids is 1. The summed E-state index contributed by atoms with van der Waals surface area (Å²) >= 11 is 0. The number of nitrogens with zero attached hydrogens (tertiary/aromatic N) is 1. The minimum absolute atomic E-state index is 0.0382. The van der Waals surface area contributed by atoms with Crippen LogP contribution < -0.4 is 0 Å². The average molecular weight is 185 g/mol. The van der Waals surface area contributed by atoms with Crippen LogP contribution in [-0.2, 0) is 0 Å². The molecule has 0 amide bonds. The largest absolute Gasteiger partial charge is 0.507 e. The number of rotatable bonds is 2. The second kappa shape index (κ2) is 3.18. The van der Waals surface area contributed by atoms with Crippen LogP contribution in [0, 0.1) is 15.9 Å². The minimum Gasteiger partial charge on any atom is -0.507 e. The number of phenolic OH excluding ortho intramolecular Hbond substituents is 1. The van der Waals surface area contributed by atoms with Gasteiger partial charge in [0.05, 0.1) is 4.92 Å². The number of halogens is 1. The fraction of sp³-hybridized carbons (Fsp3) is 0. The second-order valence-electron chi connectivity index (χ2n) is 2.20. The van der Waals surface area contributed by atoms with Crippen molar-refractivity contribution in [3.8, 4) is 5.75 Å². The zero-order chi connectivity index (χ0) is 10.0. The second-order valence-corrected chi connectivity index (χ2v) is 2.20. The summed E-state index contributed by atoms with van der Waals surface area (Å²) in [6, 6.07) is 1.60. The van der Waals surface area contributed by atoms with Gasteiger partial charge >= 0.3 is 5.69 Å². The summed E-state index contributed by atoms with van der Waals surface area (Å²) in [5.74, 6) is -1.76. The van der Waals surface area contributed by atoms with Crippen molar-refractivity contribution in [2.75, 3.05) is 0 Å². The average Bonchev–Trinajstić information content (AvgIpc) is 2.07. The van der Waals surface area contributed by atoms with Gasteiger partial charge in [0.25, 0.3) is 0 Å². The lowest BCUT2D eigenvalue weighted by molar-refractivity contribution is -0.387. The first-order valence-electron chi connectivity index (χ1n) is 3.19. The van der Waals surface area contributed by atoms with Crippen molar-refractivity contribution in [2.45, 2.75) is 0 Å². The van der Waals surface area contributed by atoms with Crippen LogP contribution in [0.1, 0.15) is 10.4 Å². The van der Waals surface area contributed by atoms with E-state index in [9.17, 15) is 19.3 Å². The van der Waals surface area contributed by atoms with Crippen LogP contribution >= 0.6 is 0 Å². The Kier molecular flexibility index (Phi) is 2.23. The van der Waals surface area contributed by atoms with Gasteiger partial charge in [-0.05, 0) is 12.1 Å². The lowest BCUT2D eigenvalue weighted by Crippen LogP contribution is -1.98. The predicted octanol–water partition coefficient (Wildman–Crippen LogP) is 1.25. The Balaban J connectivity index is 3.52. The Morgan fingerprint density at radius 2 is 2.15 bits per heavy atom. The van der Waals surface area contributed by atoms with E-state index in [-0.39, 0.29) is 6.29 Å². The van der Waals surface area contributed by atoms with E-state index in [1.165, 1.54) is 0 Å². The molecule has 68 valence electrons. The molecule has 0 aromatic heterocycles. The molecule has 0 saturated heterocycles. The molecular formula is C7H4FNO4. The number of aldehydes is 1. The molecule has 0 aliphatic carbocycles. The lowest BCUT2D eigenvalue weighted by atomic mass is 10.1. The number of benzene rings is 1. The van der Waals surface area contributed by atoms with Gasteiger partial charge in [0.2, 0.25) is 5.82 Å². The summed E-state index contributed by atoms with van der Waals surface area (Å²) in [5.41, 5.74) is -1.65. The van der Waals surface area contributed by atoms with Crippen molar-refractivity contribution in [3.05, 3.63) is 33.6 Å². The van der Waals surface area contributed by atoms with E-state index in [0.29, 0.717) is 0 Å². The van der Waals surface area contributed by atoms with Crippen LogP contribution in [0.15, 0.2) is 12.1 Å². The van der Waals surface area contributed by atoms with E-state index in [1.807, 2.05) is 0 Å². The van der Waals surface area contributed by atoms with Crippen LogP contribution in [0.25, 0.3) is 0 Å². The van der Waals surface area contributed by atoms with Gasteiger partial charge < -0.3 is 5.11 Å². The quantitative estimate of drug-likeness (QED) is 0.427. The van der Waals surface area contributed by atoms with E-state index in [0.717, 1.165) is 12.1 Å². The van der Waals surface area contributed by atoms with Crippen molar-refractivity contribution in [3.63, 3.8) is 0 Å². The standard InChI is InChI=1S/C7H4FNO4/c8-5-1-2-6(11)4(3-10)7(5)9(12)13/h1-3,11H. The zero-order valence-electron chi connectivity index (χ0n) is 6.23. The molecule has 0 saturated carbocycles. The van der Waals surface area contributed by atoms with E-state index in [4.69, 9.17) is 5.11 Å². The molecule has 0 fully saturated rings. The Bertz CT molecular complexity index is 377. The molecule has 0 aliphatic heterocycles. The highest BCUT2D eigenvalue weighted by atomic mass is 19.1. The normalized spacial score (nSPS) is 9.62. The highest BCUT2D eigenvalue weighted by molar-refractivity contribution is 5.85. The van der Waals surface area contributed by atoms with Crippen LogP contribution in [0.3, 0.4) is 0 Å². The first-order chi connectivity index (χ1) is 6.07. The van der Waals surface area contributed by atoms with E-state index in [1.54, 1.807) is 0 Å². The number of nitro benzene ring substituents is 1. The molecule has 0 heterocycles. The maximum absolute atomic E-state index is 12.8. The van der Waals surface area contributed by atoms with Gasteiger partial charge in [0.1, 0.15) is 11.3 Å². The number of phenols is 1. The highest BCUT2D eigenvalue weighted by Crippen LogP contribution is 2.28. The summed E-state index contributed by atoms with van der Waals surface area (Å²) in [6.07, 6.45) is 0.0382. The summed E-state index contributed by atoms with van der Waals surface area (Å²) < 4.78 is 12.8. The Morgan fingerprint density at radius 1 is 1.54 bits per heavy atom. The van der Waals surface area contributed by atoms with E-state index in [2.05, 4.69) is 0 Å². The van der Waals surface area contributed by atoms with Gasteiger partial charge in [-0.3, -0.25) is 14.9 Å². The maximum atomic E-state index is 12.8. The number of hydrogen-bond acceptors (Lipinski definition) is 4. The summed E-state index contributed by atoms with van der Waals surface area (Å²) in [7, 11) is 0. The van der Waals surface area contributed by atoms with Gasteiger partial charge in [0, 0.05) is 0 Å². The van der Waals surface area contributed by atoms with Crippen LogP contribution in [0.4, 0.5) is 10.1 Å². The molecule has 0 atom stereocenters. The molecule has 0 radical (unpaired) electrons. The predicted molar refractivity (Wildman–Crippen MR) is 40.1 cm³/mol. The number of nitro groups is 1. The zero-order valence-corrected chi connectivity index (χ0v) is 6.23. The molecule has 1 aromatic carbocycles. The van der Waals surface area contributed by atoms with Gasteiger partial charge in [-0.2, -0.15) is 4.39 Å². The number of hydrogen-bond donors (Lipinski definition) is 1. The first kappa shape index (κ1) is 9.11. The topological polar surface area (TPSA) is 80.4 Å². The first-order valence-corrected chi connectivity index (χ1v) is 3.19. The van der Waals surface area contributed by atoms with Crippen molar-refractivity contribution in [1.82, 2.24) is 0 Å². The molecule has 1 aromatic rings. The maximum Gasteiger partial charge on any atom is 0.318 e. The SMILES string of the molecule is O=Cc1c(O)ccc(F)c1[N+](=O)[O-]. The van der Waals surface area contributed by atoms with E-state index >= 15 is 0 Å². The molecule has 0 aliphatic rings. The minimum atomic E-state index is -1.15. The van der Waals surface area contributed by atoms with Gasteiger partial charge in [0.15, 0.2) is 6.29 Å². The third-order valence-electron chi connectivity index (χ3n) is 1.45. The van der Waals surface area contributed by atoms with Crippen molar-refractivity contribution < 1.29 is 19.2 Å². The molecular weight excluding hydrogens is 181 g/mol. The summed E-state index contributed by atoms with van der Waals surface area (Å²) in [6.45, 7) is 0. The Morgan fingerprint density at radius 3 is 2.54 bits per heavy atom. The number of carbonyl (C=O) groups is 1. The highest BCUT2D eigenvalue weighted by Gasteiger charge is 2.22. The van der Waals surface area contributed by atoms with Crippen LogP contribution in [0.5, 0.6) is 5.75 Å². The molecule has 5 nitrogen and oxygen atoms in total.